The molecule has 1 N–H and O–H groups in total. The van der Waals surface area contributed by atoms with Gasteiger partial charge in [-0.15, -0.1) is 0 Å². The minimum Gasteiger partial charge on any atom is -0.483 e. The molecule has 7 nitrogen and oxygen atoms in total. The summed E-state index contributed by atoms with van der Waals surface area (Å²) in [5, 5.41) is 6.89. The second kappa shape index (κ2) is 9.82. The number of pyridine rings is 1. The zero-order valence-electron chi connectivity index (χ0n) is 18.2. The Labute approximate surface area is 190 Å². The fraction of sp³-hybridized carbons (Fsp3) is 0.458. The number of hydrogen-bond acceptors (Lipinski definition) is 4. The fourth-order valence-corrected chi connectivity index (χ4v) is 5.26. The normalized spacial score (nSPS) is 23.9. The number of carbonyl (C=O) groups excluding carboxylic acids is 1. The molecule has 0 aliphatic carbocycles. The molecule has 0 saturated carbocycles. The number of aromatic nitrogens is 1. The maximum absolute atomic E-state index is 13.5. The van der Waals surface area contributed by atoms with Crippen molar-refractivity contribution in [2.75, 3.05) is 26.2 Å². The molecular formula is C24H27F2N3O4. The number of hydrogen-bond donors (Lipinski definition) is 1. The van der Waals surface area contributed by atoms with E-state index in [1.807, 2.05) is 18.2 Å². The van der Waals surface area contributed by atoms with E-state index in [4.69, 9.17) is 9.90 Å². The predicted molar refractivity (Wildman–Crippen MR) is 117 cm³/mol. The van der Waals surface area contributed by atoms with Crippen molar-refractivity contribution in [1.29, 1.82) is 0 Å². The molecule has 3 aliphatic heterocycles. The first-order valence-corrected chi connectivity index (χ1v) is 11.1. The van der Waals surface area contributed by atoms with Crippen molar-refractivity contribution in [3.05, 3.63) is 69.4 Å². The minimum atomic E-state index is -0.999. The van der Waals surface area contributed by atoms with Gasteiger partial charge in [-0.3, -0.25) is 19.3 Å². The number of benzene rings is 1. The Morgan fingerprint density at radius 3 is 2.48 bits per heavy atom. The highest BCUT2D eigenvalue weighted by atomic mass is 19.1. The van der Waals surface area contributed by atoms with Gasteiger partial charge in [0.2, 0.25) is 0 Å². The zero-order valence-corrected chi connectivity index (χ0v) is 18.2. The first-order chi connectivity index (χ1) is 15.9. The maximum atomic E-state index is 13.5. The summed E-state index contributed by atoms with van der Waals surface area (Å²) >= 11 is 0. The number of carboxylic acid groups (broad SMARTS) is 1. The molecule has 0 spiro atoms. The Hall–Kier alpha value is -3.07. The molecule has 4 heterocycles. The lowest BCUT2D eigenvalue weighted by atomic mass is 9.82. The van der Waals surface area contributed by atoms with Crippen LogP contribution in [0.2, 0.25) is 0 Å². The fourth-order valence-electron chi connectivity index (χ4n) is 5.26. The molecule has 2 bridgehead atoms. The van der Waals surface area contributed by atoms with E-state index in [-0.39, 0.29) is 41.8 Å². The molecule has 2 fully saturated rings. The summed E-state index contributed by atoms with van der Waals surface area (Å²) in [6.45, 7) is 3.24. The molecule has 176 valence electrons. The summed E-state index contributed by atoms with van der Waals surface area (Å²) in [4.78, 5) is 38.0. The van der Waals surface area contributed by atoms with Crippen LogP contribution in [0.4, 0.5) is 8.78 Å². The smallest absolute Gasteiger partial charge is 0.290 e. The molecule has 0 unspecified atom stereocenters. The molecule has 0 radical (unpaired) electrons. The third-order valence-corrected chi connectivity index (χ3v) is 6.65. The number of alkyl halides is 1. The number of amides is 1. The maximum Gasteiger partial charge on any atom is 0.290 e. The minimum absolute atomic E-state index is 0.0730. The van der Waals surface area contributed by atoms with Crippen LogP contribution in [0.5, 0.6) is 0 Å². The van der Waals surface area contributed by atoms with E-state index in [0.29, 0.717) is 25.4 Å². The van der Waals surface area contributed by atoms with Crippen LogP contribution in [-0.2, 0) is 17.9 Å². The van der Waals surface area contributed by atoms with Crippen LogP contribution in [0.15, 0.2) is 41.2 Å². The Balaban J connectivity index is 0.000000821. The van der Waals surface area contributed by atoms with E-state index in [2.05, 4.69) is 4.90 Å². The highest BCUT2D eigenvalue weighted by Gasteiger charge is 2.36. The number of halogens is 2. The van der Waals surface area contributed by atoms with E-state index in [1.165, 1.54) is 17.0 Å². The van der Waals surface area contributed by atoms with Crippen LogP contribution < -0.4 is 5.56 Å². The van der Waals surface area contributed by atoms with Gasteiger partial charge in [-0.25, -0.2) is 8.78 Å². The quantitative estimate of drug-likeness (QED) is 0.714. The first-order valence-electron chi connectivity index (χ1n) is 11.1. The Morgan fingerprint density at radius 2 is 1.82 bits per heavy atom. The van der Waals surface area contributed by atoms with Crippen LogP contribution in [0, 0.1) is 11.7 Å². The summed E-state index contributed by atoms with van der Waals surface area (Å²) in [5.74, 6) is -0.0217. The number of rotatable bonds is 3. The molecular weight excluding hydrogens is 432 g/mol. The monoisotopic (exact) mass is 459 g/mol. The second-order valence-electron chi connectivity index (χ2n) is 8.95. The highest BCUT2D eigenvalue weighted by molar-refractivity contribution is 5.94. The van der Waals surface area contributed by atoms with Gasteiger partial charge in [0.05, 0.1) is 6.54 Å². The van der Waals surface area contributed by atoms with Gasteiger partial charge >= 0.3 is 0 Å². The number of nitrogens with zero attached hydrogens (tertiary/aromatic N) is 3. The SMILES string of the molecule is O=C(c1ccc2n(c1=O)C[C@H]1C[C@@H]2CN(Cc2ccc(F)cc2)C1)N1CC[C@H](F)C1.O=CO. The second-order valence-corrected chi connectivity index (χ2v) is 8.95. The van der Waals surface area contributed by atoms with Gasteiger partial charge in [0.25, 0.3) is 17.9 Å². The van der Waals surface area contributed by atoms with Gasteiger partial charge in [-0.2, -0.15) is 0 Å². The van der Waals surface area contributed by atoms with E-state index in [9.17, 15) is 18.4 Å². The van der Waals surface area contributed by atoms with Crippen molar-refractivity contribution >= 4 is 12.4 Å². The Kier molecular flexibility index (Phi) is 6.88. The molecule has 1 aromatic carbocycles. The van der Waals surface area contributed by atoms with Gasteiger partial charge in [0, 0.05) is 44.3 Å². The molecule has 2 aromatic rings. The van der Waals surface area contributed by atoms with Crippen LogP contribution in [0.1, 0.15) is 40.4 Å². The van der Waals surface area contributed by atoms with Crippen LogP contribution >= 0.6 is 0 Å². The number of fused-ring (bicyclic) bond motifs is 4. The van der Waals surface area contributed by atoms with Crippen LogP contribution in [-0.4, -0.2) is 64.2 Å². The third kappa shape index (κ3) is 4.98. The van der Waals surface area contributed by atoms with Crippen molar-refractivity contribution in [3.63, 3.8) is 0 Å². The lowest BCUT2D eigenvalue weighted by Gasteiger charge is -2.43. The van der Waals surface area contributed by atoms with Crippen molar-refractivity contribution in [3.8, 4) is 0 Å². The molecule has 3 aliphatic rings. The van der Waals surface area contributed by atoms with Crippen molar-refractivity contribution in [1.82, 2.24) is 14.4 Å². The largest absolute Gasteiger partial charge is 0.483 e. The number of carbonyl (C=O) groups is 2. The predicted octanol–water partition coefficient (Wildman–Crippen LogP) is 2.49. The number of likely N-dealkylation sites (tertiary alicyclic amines) is 2. The molecule has 5 rings (SSSR count). The van der Waals surface area contributed by atoms with Crippen LogP contribution in [0.3, 0.4) is 0 Å². The van der Waals surface area contributed by atoms with E-state index in [0.717, 1.165) is 37.3 Å². The highest BCUT2D eigenvalue weighted by Crippen LogP contribution is 2.35. The molecule has 2 saturated heterocycles. The number of piperidine rings is 1. The van der Waals surface area contributed by atoms with Crippen molar-refractivity contribution in [2.24, 2.45) is 5.92 Å². The summed E-state index contributed by atoms with van der Waals surface area (Å²) in [6.07, 6.45) is 0.370. The van der Waals surface area contributed by atoms with Gasteiger partial charge in [-0.05, 0) is 48.6 Å². The molecule has 33 heavy (non-hydrogen) atoms. The average Bonchev–Trinajstić information content (AvgIpc) is 3.22. The summed E-state index contributed by atoms with van der Waals surface area (Å²) in [7, 11) is 0. The van der Waals surface area contributed by atoms with Crippen molar-refractivity contribution < 1.29 is 23.5 Å². The molecule has 1 aromatic heterocycles. The lowest BCUT2D eigenvalue weighted by molar-refractivity contribution is -0.122. The topological polar surface area (TPSA) is 82.9 Å². The first kappa shape index (κ1) is 23.1. The molecule has 3 atom stereocenters. The Morgan fingerprint density at radius 1 is 1.09 bits per heavy atom. The zero-order chi connectivity index (χ0) is 23.5. The van der Waals surface area contributed by atoms with E-state index < -0.39 is 6.17 Å². The van der Waals surface area contributed by atoms with Gasteiger partial charge in [-0.1, -0.05) is 12.1 Å². The lowest BCUT2D eigenvalue weighted by Crippen LogP contribution is -2.47. The van der Waals surface area contributed by atoms with Crippen LogP contribution in [0.25, 0.3) is 0 Å². The summed E-state index contributed by atoms with van der Waals surface area (Å²) < 4.78 is 28.4. The van der Waals surface area contributed by atoms with E-state index in [1.54, 1.807) is 10.6 Å². The van der Waals surface area contributed by atoms with Gasteiger partial charge < -0.3 is 14.6 Å². The van der Waals surface area contributed by atoms with Crippen molar-refractivity contribution in [2.45, 2.75) is 38.0 Å². The third-order valence-electron chi connectivity index (χ3n) is 6.65. The Bertz CT molecular complexity index is 1070. The summed E-state index contributed by atoms with van der Waals surface area (Å²) in [6, 6.07) is 10.1. The standard InChI is InChI=1S/C23H25F2N3O2.CH2O2/c24-18-3-1-15(2-4-18)10-26-11-16-9-17(13-26)21-6-5-20(23(30)28(21)12-16)22(29)27-8-7-19(25)14-27;2-1-3/h1-6,16-17,19H,7-14H2;1H,(H,2,3)/t16-,17+,19-;/m0./s1. The van der Waals surface area contributed by atoms with E-state index >= 15 is 0 Å². The summed E-state index contributed by atoms with van der Waals surface area (Å²) in [5.41, 5.74) is 1.95. The van der Waals surface area contributed by atoms with Gasteiger partial charge in [0.15, 0.2) is 0 Å². The molecule has 1 amide bonds. The molecule has 9 heteroatoms. The van der Waals surface area contributed by atoms with Gasteiger partial charge in [0.1, 0.15) is 17.6 Å². The average molecular weight is 459 g/mol.